The predicted octanol–water partition coefficient (Wildman–Crippen LogP) is 5.89. The van der Waals surface area contributed by atoms with Crippen molar-refractivity contribution in [1.29, 1.82) is 0 Å². The second-order valence-corrected chi connectivity index (χ2v) is 7.69. The Morgan fingerprint density at radius 2 is 1.52 bits per heavy atom. The Labute approximate surface area is 163 Å². The van der Waals surface area contributed by atoms with E-state index in [9.17, 15) is 4.79 Å². The molecular weight excluding hydrogens is 352 g/mol. The number of anilines is 1. The third-order valence-electron chi connectivity index (χ3n) is 4.49. The highest BCUT2D eigenvalue weighted by atomic mass is 32.2. The molecule has 1 aliphatic heterocycles. The Bertz CT molecular complexity index is 953. The smallest absolute Gasteiger partial charge is 0.234 e. The number of hydrogen-bond acceptors (Lipinski definition) is 3. The van der Waals surface area contributed by atoms with E-state index in [1.54, 1.807) is 16.7 Å². The van der Waals surface area contributed by atoms with Gasteiger partial charge in [0.15, 0.2) is 5.17 Å². The zero-order chi connectivity index (χ0) is 18.6. The molecule has 134 valence electrons. The largest absolute Gasteiger partial charge is 0.274 e. The minimum Gasteiger partial charge on any atom is -0.274 e. The van der Waals surface area contributed by atoms with Crippen molar-refractivity contribution in [3.63, 3.8) is 0 Å². The lowest BCUT2D eigenvalue weighted by Crippen LogP contribution is -2.40. The predicted molar refractivity (Wildman–Crippen MR) is 114 cm³/mol. The first kappa shape index (κ1) is 17.6. The summed E-state index contributed by atoms with van der Waals surface area (Å²) >= 11 is 1.65. The summed E-state index contributed by atoms with van der Waals surface area (Å²) < 4.78 is 0. The number of aryl methyl sites for hydroxylation is 1. The first-order valence-electron chi connectivity index (χ1n) is 8.96. The molecule has 1 amide bonds. The van der Waals surface area contributed by atoms with E-state index in [2.05, 4.69) is 31.2 Å². The van der Waals surface area contributed by atoms with Crippen LogP contribution in [0.25, 0.3) is 0 Å². The van der Waals surface area contributed by atoms with Crippen LogP contribution in [-0.2, 0) is 4.79 Å². The van der Waals surface area contributed by atoms with Gasteiger partial charge in [0.25, 0.3) is 0 Å². The van der Waals surface area contributed by atoms with Gasteiger partial charge in [-0.15, -0.1) is 0 Å². The van der Waals surface area contributed by atoms with E-state index < -0.39 is 0 Å². The highest BCUT2D eigenvalue weighted by Crippen LogP contribution is 2.41. The Kier molecular flexibility index (Phi) is 5.07. The summed E-state index contributed by atoms with van der Waals surface area (Å²) in [4.78, 5) is 19.6. The minimum atomic E-state index is 0.0696. The Hall–Kier alpha value is -2.85. The molecule has 1 fully saturated rings. The van der Waals surface area contributed by atoms with Gasteiger partial charge >= 0.3 is 0 Å². The lowest BCUT2D eigenvalue weighted by atomic mass is 10.1. The Morgan fingerprint density at radius 3 is 2.19 bits per heavy atom. The van der Waals surface area contributed by atoms with E-state index in [1.165, 1.54) is 5.56 Å². The lowest BCUT2D eigenvalue weighted by Gasteiger charge is -2.32. The van der Waals surface area contributed by atoms with Crippen molar-refractivity contribution in [2.24, 2.45) is 4.99 Å². The van der Waals surface area contributed by atoms with Crippen molar-refractivity contribution >= 4 is 34.2 Å². The fourth-order valence-corrected chi connectivity index (χ4v) is 4.31. The molecule has 0 radical (unpaired) electrons. The molecule has 1 aliphatic rings. The van der Waals surface area contributed by atoms with E-state index >= 15 is 0 Å². The third kappa shape index (κ3) is 3.96. The van der Waals surface area contributed by atoms with Gasteiger partial charge in [-0.2, -0.15) is 0 Å². The molecule has 3 aromatic carbocycles. The highest BCUT2D eigenvalue weighted by Gasteiger charge is 2.33. The molecule has 4 rings (SSSR count). The van der Waals surface area contributed by atoms with Crippen LogP contribution in [0.15, 0.2) is 89.9 Å². The van der Waals surface area contributed by atoms with Crippen LogP contribution in [0.3, 0.4) is 0 Å². The molecule has 27 heavy (non-hydrogen) atoms. The summed E-state index contributed by atoms with van der Waals surface area (Å²) in [6.45, 7) is 2.07. The van der Waals surface area contributed by atoms with Crippen LogP contribution in [0.4, 0.5) is 11.4 Å². The van der Waals surface area contributed by atoms with Gasteiger partial charge in [0.05, 0.1) is 11.4 Å². The lowest BCUT2D eigenvalue weighted by molar-refractivity contribution is -0.117. The number of aliphatic imine (C=N–C) groups is 1. The summed E-state index contributed by atoms with van der Waals surface area (Å²) in [6.07, 6.45) is 0.455. The molecule has 0 spiro atoms. The molecule has 0 aromatic heterocycles. The molecule has 0 unspecified atom stereocenters. The van der Waals surface area contributed by atoms with Crippen molar-refractivity contribution in [2.75, 3.05) is 4.90 Å². The molecule has 4 heteroatoms. The number of nitrogens with zero attached hydrogens (tertiary/aromatic N) is 2. The summed E-state index contributed by atoms with van der Waals surface area (Å²) in [7, 11) is 0. The van der Waals surface area contributed by atoms with Crippen LogP contribution in [-0.4, -0.2) is 11.1 Å². The Balaban J connectivity index is 1.73. The van der Waals surface area contributed by atoms with Crippen LogP contribution in [0.5, 0.6) is 0 Å². The van der Waals surface area contributed by atoms with Crippen molar-refractivity contribution < 1.29 is 4.79 Å². The summed E-state index contributed by atoms with van der Waals surface area (Å²) in [6, 6.07) is 27.9. The molecule has 3 nitrogen and oxygen atoms in total. The number of benzene rings is 3. The van der Waals surface area contributed by atoms with Gasteiger partial charge in [-0.25, -0.2) is 4.99 Å². The van der Waals surface area contributed by atoms with Crippen molar-refractivity contribution in [3.05, 3.63) is 96.1 Å². The molecule has 0 bridgehead atoms. The van der Waals surface area contributed by atoms with Gasteiger partial charge in [-0.3, -0.25) is 9.69 Å². The van der Waals surface area contributed by atoms with Crippen molar-refractivity contribution in [2.45, 2.75) is 18.6 Å². The summed E-state index contributed by atoms with van der Waals surface area (Å²) in [5.74, 6) is 0.0696. The third-order valence-corrected chi connectivity index (χ3v) is 5.70. The van der Waals surface area contributed by atoms with E-state index in [0.717, 1.165) is 16.9 Å². The first-order valence-corrected chi connectivity index (χ1v) is 9.83. The molecule has 0 aliphatic carbocycles. The summed E-state index contributed by atoms with van der Waals surface area (Å²) in [5.41, 5.74) is 4.08. The number of para-hydroxylation sites is 2. The van der Waals surface area contributed by atoms with Gasteiger partial charge in [0.1, 0.15) is 0 Å². The van der Waals surface area contributed by atoms with E-state index in [0.29, 0.717) is 11.6 Å². The quantitative estimate of drug-likeness (QED) is 0.574. The van der Waals surface area contributed by atoms with Crippen LogP contribution in [0.2, 0.25) is 0 Å². The fourth-order valence-electron chi connectivity index (χ4n) is 3.07. The monoisotopic (exact) mass is 372 g/mol. The minimum absolute atomic E-state index is 0.0696. The standard InChI is InChI=1S/C23H20N2OS/c1-17-12-14-18(15-13-17)21-16-22(26)25(20-10-6-3-7-11-20)23(27-21)24-19-8-4-2-5-9-19/h2-15,21H,16H2,1H3/t21-/m1/s1. The molecule has 0 N–H and O–H groups in total. The van der Waals surface area contributed by atoms with Crippen LogP contribution in [0, 0.1) is 6.92 Å². The average molecular weight is 372 g/mol. The number of carbonyl (C=O) groups is 1. The van der Waals surface area contributed by atoms with Gasteiger partial charge in [-0.05, 0) is 36.8 Å². The van der Waals surface area contributed by atoms with Crippen molar-refractivity contribution in [1.82, 2.24) is 0 Å². The number of rotatable bonds is 3. The molecule has 3 aromatic rings. The number of hydrogen-bond donors (Lipinski definition) is 0. The number of carbonyl (C=O) groups excluding carboxylic acids is 1. The van der Waals surface area contributed by atoms with Crippen LogP contribution >= 0.6 is 11.8 Å². The molecule has 1 heterocycles. The van der Waals surface area contributed by atoms with Gasteiger partial charge in [0, 0.05) is 11.7 Å². The number of thioether (sulfide) groups is 1. The van der Waals surface area contributed by atoms with Gasteiger partial charge in [-0.1, -0.05) is 78.0 Å². The maximum absolute atomic E-state index is 13.1. The van der Waals surface area contributed by atoms with Gasteiger partial charge < -0.3 is 0 Å². The molecular formula is C23H20N2OS. The maximum Gasteiger partial charge on any atom is 0.234 e. The zero-order valence-corrected chi connectivity index (χ0v) is 15.9. The van der Waals surface area contributed by atoms with Crippen LogP contribution < -0.4 is 4.90 Å². The van der Waals surface area contributed by atoms with E-state index in [-0.39, 0.29) is 11.2 Å². The SMILES string of the molecule is Cc1ccc([C@H]2CC(=O)N(c3ccccc3)C(=Nc3ccccc3)S2)cc1. The number of amides is 1. The molecule has 0 saturated carbocycles. The maximum atomic E-state index is 13.1. The second kappa shape index (κ2) is 7.80. The second-order valence-electron chi connectivity index (χ2n) is 6.52. The fraction of sp³-hybridized carbons (Fsp3) is 0.130. The van der Waals surface area contributed by atoms with Gasteiger partial charge in [0.2, 0.25) is 5.91 Å². The van der Waals surface area contributed by atoms with Crippen molar-refractivity contribution in [3.8, 4) is 0 Å². The van der Waals surface area contributed by atoms with E-state index in [4.69, 9.17) is 4.99 Å². The van der Waals surface area contributed by atoms with E-state index in [1.807, 2.05) is 60.7 Å². The Morgan fingerprint density at radius 1 is 0.889 bits per heavy atom. The first-order chi connectivity index (χ1) is 13.2. The molecule has 1 saturated heterocycles. The zero-order valence-electron chi connectivity index (χ0n) is 15.1. The van der Waals surface area contributed by atoms with Crippen LogP contribution in [0.1, 0.15) is 22.8 Å². The average Bonchev–Trinajstić information content (AvgIpc) is 2.70. The molecule has 1 atom stereocenters. The normalized spacial score (nSPS) is 18.7. The topological polar surface area (TPSA) is 32.7 Å². The number of amidine groups is 1. The highest BCUT2D eigenvalue weighted by molar-refractivity contribution is 8.14. The summed E-state index contributed by atoms with van der Waals surface area (Å²) in [5, 5.41) is 0.787.